The molecule has 0 bridgehead atoms. The van der Waals surface area contributed by atoms with Gasteiger partial charge in [-0.3, -0.25) is 15.1 Å². The molecule has 7 heteroatoms. The first kappa shape index (κ1) is 16.4. The number of ether oxygens (including phenoxy) is 1. The van der Waals surface area contributed by atoms with E-state index in [4.69, 9.17) is 16.3 Å². The molecule has 1 aromatic carbocycles. The van der Waals surface area contributed by atoms with Crippen molar-refractivity contribution in [3.8, 4) is 17.0 Å². The predicted octanol–water partition coefficient (Wildman–Crippen LogP) is 4.43. The monoisotopic (exact) mass is 359 g/mol. The Labute approximate surface area is 148 Å². The van der Waals surface area contributed by atoms with Crippen LogP contribution in [-0.2, 0) is 0 Å². The molecular formula is C17H14ClN3O2S. The third-order valence-corrected chi connectivity index (χ3v) is 4.46. The van der Waals surface area contributed by atoms with E-state index in [1.165, 1.54) is 23.6 Å². The molecule has 0 saturated carbocycles. The number of carbonyl (C=O) groups is 1. The second-order valence-corrected chi connectivity index (χ2v) is 6.61. The zero-order valence-electron chi connectivity index (χ0n) is 13.0. The average Bonchev–Trinajstić information content (AvgIpc) is 2.95. The Morgan fingerprint density at radius 3 is 2.67 bits per heavy atom. The van der Waals surface area contributed by atoms with Crippen LogP contribution in [0.2, 0.25) is 5.02 Å². The Balaban J connectivity index is 1.82. The molecular weight excluding hydrogens is 346 g/mol. The quantitative estimate of drug-likeness (QED) is 0.748. The van der Waals surface area contributed by atoms with Crippen LogP contribution in [0, 0.1) is 6.92 Å². The second kappa shape index (κ2) is 6.98. The Morgan fingerprint density at radius 2 is 2.00 bits per heavy atom. The Kier molecular flexibility index (Phi) is 4.78. The first-order valence-electron chi connectivity index (χ1n) is 7.11. The summed E-state index contributed by atoms with van der Waals surface area (Å²) >= 11 is 7.29. The molecule has 0 atom stereocenters. The molecule has 2 heterocycles. The van der Waals surface area contributed by atoms with Gasteiger partial charge in [0, 0.05) is 21.7 Å². The number of benzene rings is 1. The van der Waals surface area contributed by atoms with Gasteiger partial charge in [-0.15, -0.1) is 11.3 Å². The van der Waals surface area contributed by atoms with Crippen LogP contribution in [0.4, 0.5) is 5.13 Å². The third-order valence-electron chi connectivity index (χ3n) is 3.34. The summed E-state index contributed by atoms with van der Waals surface area (Å²) in [4.78, 5) is 21.8. The average molecular weight is 360 g/mol. The molecule has 0 unspecified atom stereocenters. The molecule has 122 valence electrons. The smallest absolute Gasteiger partial charge is 0.276 e. The molecule has 0 saturated heterocycles. The topological polar surface area (TPSA) is 64.1 Å². The number of nitrogens with zero attached hydrogens (tertiary/aromatic N) is 2. The van der Waals surface area contributed by atoms with E-state index in [-0.39, 0.29) is 11.6 Å². The largest absolute Gasteiger partial charge is 0.497 e. The molecule has 0 aliphatic carbocycles. The van der Waals surface area contributed by atoms with Crippen LogP contribution in [0.15, 0.2) is 42.6 Å². The van der Waals surface area contributed by atoms with Crippen molar-refractivity contribution in [1.29, 1.82) is 0 Å². The summed E-state index contributed by atoms with van der Waals surface area (Å²) in [5.74, 6) is 0.444. The summed E-state index contributed by atoms with van der Waals surface area (Å²) in [7, 11) is 1.63. The highest BCUT2D eigenvalue weighted by Crippen LogP contribution is 2.31. The van der Waals surface area contributed by atoms with Crippen molar-refractivity contribution < 1.29 is 9.53 Å². The number of amides is 1. The number of halogens is 1. The van der Waals surface area contributed by atoms with E-state index in [1.54, 1.807) is 13.2 Å². The lowest BCUT2D eigenvalue weighted by Crippen LogP contribution is -2.13. The summed E-state index contributed by atoms with van der Waals surface area (Å²) in [5, 5.41) is 3.74. The number of nitrogens with one attached hydrogen (secondary N) is 1. The van der Waals surface area contributed by atoms with E-state index in [0.717, 1.165) is 21.9 Å². The molecule has 0 fully saturated rings. The normalized spacial score (nSPS) is 10.5. The molecule has 0 spiro atoms. The van der Waals surface area contributed by atoms with E-state index >= 15 is 0 Å². The Bertz CT molecular complexity index is 878. The maximum atomic E-state index is 12.2. The summed E-state index contributed by atoms with van der Waals surface area (Å²) in [5.41, 5.74) is 2.05. The summed E-state index contributed by atoms with van der Waals surface area (Å²) in [6.45, 7) is 1.96. The Morgan fingerprint density at radius 1 is 1.25 bits per heavy atom. The van der Waals surface area contributed by atoms with Crippen molar-refractivity contribution in [2.24, 2.45) is 0 Å². The lowest BCUT2D eigenvalue weighted by Gasteiger charge is -2.02. The SMILES string of the molecule is COc1ccc(-c2nc(NC(=O)c3cc(Cl)ccn3)sc2C)cc1. The molecule has 1 N–H and O–H groups in total. The van der Waals surface area contributed by atoms with Crippen molar-refractivity contribution in [2.75, 3.05) is 12.4 Å². The third kappa shape index (κ3) is 3.55. The summed E-state index contributed by atoms with van der Waals surface area (Å²) in [6.07, 6.45) is 1.49. The van der Waals surface area contributed by atoms with E-state index in [1.807, 2.05) is 31.2 Å². The number of aromatic nitrogens is 2. The number of pyridine rings is 1. The van der Waals surface area contributed by atoms with Crippen molar-refractivity contribution in [3.05, 3.63) is 58.2 Å². The van der Waals surface area contributed by atoms with Crippen molar-refractivity contribution in [2.45, 2.75) is 6.92 Å². The lowest BCUT2D eigenvalue weighted by molar-refractivity contribution is 0.102. The fraction of sp³-hybridized carbons (Fsp3) is 0.118. The molecule has 3 rings (SSSR count). The highest BCUT2D eigenvalue weighted by Gasteiger charge is 2.14. The molecule has 0 aliphatic rings. The van der Waals surface area contributed by atoms with Crippen LogP contribution < -0.4 is 10.1 Å². The van der Waals surface area contributed by atoms with Crippen LogP contribution in [0.25, 0.3) is 11.3 Å². The number of rotatable bonds is 4. The fourth-order valence-electron chi connectivity index (χ4n) is 2.16. The standard InChI is InChI=1S/C17H14ClN3O2S/c1-10-15(11-3-5-13(23-2)6-4-11)20-17(24-10)21-16(22)14-9-12(18)7-8-19-14/h3-9H,1-2H3,(H,20,21,22). The van der Waals surface area contributed by atoms with Crippen LogP contribution in [0.1, 0.15) is 15.4 Å². The van der Waals surface area contributed by atoms with Crippen molar-refractivity contribution in [1.82, 2.24) is 9.97 Å². The maximum absolute atomic E-state index is 12.2. The lowest BCUT2D eigenvalue weighted by atomic mass is 10.1. The minimum absolute atomic E-state index is 0.251. The number of methoxy groups -OCH3 is 1. The number of hydrogen-bond donors (Lipinski definition) is 1. The minimum Gasteiger partial charge on any atom is -0.497 e. The van der Waals surface area contributed by atoms with Gasteiger partial charge in [-0.05, 0) is 43.3 Å². The van der Waals surface area contributed by atoms with Crippen molar-refractivity contribution in [3.63, 3.8) is 0 Å². The number of thiazole rings is 1. The highest BCUT2D eigenvalue weighted by atomic mass is 35.5. The zero-order valence-corrected chi connectivity index (χ0v) is 14.6. The number of carbonyl (C=O) groups excluding carboxylic acids is 1. The summed E-state index contributed by atoms with van der Waals surface area (Å²) in [6, 6.07) is 10.8. The number of aryl methyl sites for hydroxylation is 1. The molecule has 0 radical (unpaired) electrons. The fourth-order valence-corrected chi connectivity index (χ4v) is 3.15. The maximum Gasteiger partial charge on any atom is 0.276 e. The van der Waals surface area contributed by atoms with E-state index in [0.29, 0.717) is 10.2 Å². The van der Waals surface area contributed by atoms with Crippen LogP contribution >= 0.6 is 22.9 Å². The van der Waals surface area contributed by atoms with E-state index in [9.17, 15) is 4.79 Å². The first-order chi connectivity index (χ1) is 11.6. The molecule has 24 heavy (non-hydrogen) atoms. The van der Waals surface area contributed by atoms with Gasteiger partial charge in [0.05, 0.1) is 12.8 Å². The van der Waals surface area contributed by atoms with Crippen LogP contribution in [-0.4, -0.2) is 23.0 Å². The minimum atomic E-state index is -0.340. The number of hydrogen-bond acceptors (Lipinski definition) is 5. The van der Waals surface area contributed by atoms with Gasteiger partial charge < -0.3 is 4.74 Å². The first-order valence-corrected chi connectivity index (χ1v) is 8.31. The van der Waals surface area contributed by atoms with Crippen LogP contribution in [0.3, 0.4) is 0 Å². The highest BCUT2D eigenvalue weighted by molar-refractivity contribution is 7.16. The van der Waals surface area contributed by atoms with Gasteiger partial charge in [0.1, 0.15) is 11.4 Å². The van der Waals surface area contributed by atoms with Gasteiger partial charge in [0.15, 0.2) is 5.13 Å². The predicted molar refractivity (Wildman–Crippen MR) is 96.0 cm³/mol. The number of anilines is 1. The molecule has 1 amide bonds. The van der Waals surface area contributed by atoms with E-state index < -0.39 is 0 Å². The van der Waals surface area contributed by atoms with Crippen LogP contribution in [0.5, 0.6) is 5.75 Å². The second-order valence-electron chi connectivity index (χ2n) is 4.97. The van der Waals surface area contributed by atoms with Gasteiger partial charge in [-0.25, -0.2) is 4.98 Å². The Hall–Kier alpha value is -2.44. The molecule has 2 aromatic heterocycles. The van der Waals surface area contributed by atoms with Crippen molar-refractivity contribution >= 4 is 34.0 Å². The van der Waals surface area contributed by atoms with Gasteiger partial charge in [-0.2, -0.15) is 0 Å². The molecule has 5 nitrogen and oxygen atoms in total. The summed E-state index contributed by atoms with van der Waals surface area (Å²) < 4.78 is 5.16. The van der Waals surface area contributed by atoms with Gasteiger partial charge >= 0.3 is 0 Å². The van der Waals surface area contributed by atoms with Gasteiger partial charge in [-0.1, -0.05) is 11.6 Å². The van der Waals surface area contributed by atoms with Gasteiger partial charge in [0.25, 0.3) is 5.91 Å². The zero-order chi connectivity index (χ0) is 17.1. The molecule has 3 aromatic rings. The van der Waals surface area contributed by atoms with Gasteiger partial charge in [0.2, 0.25) is 0 Å². The molecule has 0 aliphatic heterocycles. The van der Waals surface area contributed by atoms with E-state index in [2.05, 4.69) is 15.3 Å².